The molecule has 1 aliphatic carbocycles. The SMILES string of the molecule is COC(=O)C1C[C@@H]2COC[C@@H](C1)C2=O. The molecule has 1 aliphatic heterocycles. The molecule has 2 atom stereocenters. The Morgan fingerprint density at radius 1 is 1.36 bits per heavy atom. The maximum absolute atomic E-state index is 11.6. The van der Waals surface area contributed by atoms with E-state index < -0.39 is 0 Å². The Hall–Kier alpha value is -0.900. The maximum atomic E-state index is 11.6. The van der Waals surface area contributed by atoms with Gasteiger partial charge in [-0.3, -0.25) is 9.59 Å². The van der Waals surface area contributed by atoms with Crippen LogP contribution in [-0.2, 0) is 19.1 Å². The first-order valence-corrected chi connectivity index (χ1v) is 4.91. The van der Waals surface area contributed by atoms with Crippen LogP contribution in [0.4, 0.5) is 0 Å². The molecule has 4 heteroatoms. The minimum Gasteiger partial charge on any atom is -0.469 e. The van der Waals surface area contributed by atoms with E-state index in [1.54, 1.807) is 0 Å². The third-order valence-electron chi connectivity index (χ3n) is 3.12. The zero-order valence-electron chi connectivity index (χ0n) is 8.19. The van der Waals surface area contributed by atoms with E-state index in [1.807, 2.05) is 0 Å². The predicted molar refractivity (Wildman–Crippen MR) is 47.5 cm³/mol. The van der Waals surface area contributed by atoms with Crippen molar-refractivity contribution in [3.63, 3.8) is 0 Å². The minimum atomic E-state index is -0.186. The van der Waals surface area contributed by atoms with E-state index >= 15 is 0 Å². The van der Waals surface area contributed by atoms with Gasteiger partial charge in [0, 0.05) is 11.8 Å². The largest absolute Gasteiger partial charge is 0.469 e. The molecular formula is C10H14O4. The van der Waals surface area contributed by atoms with Crippen molar-refractivity contribution in [2.24, 2.45) is 17.8 Å². The van der Waals surface area contributed by atoms with Gasteiger partial charge in [-0.25, -0.2) is 0 Å². The van der Waals surface area contributed by atoms with Gasteiger partial charge in [-0.2, -0.15) is 0 Å². The maximum Gasteiger partial charge on any atom is 0.308 e. The highest BCUT2D eigenvalue weighted by Crippen LogP contribution is 2.34. The Balaban J connectivity index is 2.07. The third kappa shape index (κ3) is 1.54. The van der Waals surface area contributed by atoms with Crippen molar-refractivity contribution < 1.29 is 19.1 Å². The number of carbonyl (C=O) groups excluding carboxylic acids is 2. The summed E-state index contributed by atoms with van der Waals surface area (Å²) in [5.41, 5.74) is 0. The number of ketones is 1. The van der Waals surface area contributed by atoms with Crippen LogP contribution in [0.2, 0.25) is 0 Å². The lowest BCUT2D eigenvalue weighted by Crippen LogP contribution is -2.44. The quantitative estimate of drug-likeness (QED) is 0.572. The molecule has 0 radical (unpaired) electrons. The molecule has 1 saturated carbocycles. The lowest BCUT2D eigenvalue weighted by atomic mass is 9.73. The highest BCUT2D eigenvalue weighted by atomic mass is 16.5. The first kappa shape index (κ1) is 9.65. The number of Topliss-reactive ketones (excluding diaryl/α,β-unsaturated/α-hetero) is 1. The molecule has 1 heterocycles. The summed E-state index contributed by atoms with van der Waals surface area (Å²) < 4.78 is 9.99. The number of carbonyl (C=O) groups is 2. The number of ether oxygens (including phenoxy) is 2. The Bertz CT molecular complexity index is 245. The van der Waals surface area contributed by atoms with Gasteiger partial charge in [-0.05, 0) is 12.8 Å². The van der Waals surface area contributed by atoms with Gasteiger partial charge in [0.2, 0.25) is 0 Å². The second kappa shape index (κ2) is 3.69. The summed E-state index contributed by atoms with van der Waals surface area (Å²) in [6.07, 6.45) is 1.20. The minimum absolute atomic E-state index is 0.0772. The van der Waals surface area contributed by atoms with Gasteiger partial charge < -0.3 is 9.47 Å². The van der Waals surface area contributed by atoms with Crippen molar-refractivity contribution in [1.29, 1.82) is 0 Å². The van der Waals surface area contributed by atoms with Crippen LogP contribution >= 0.6 is 0 Å². The second-order valence-electron chi connectivity index (χ2n) is 4.03. The number of methoxy groups -OCH3 is 1. The van der Waals surface area contributed by atoms with Crippen LogP contribution in [0.3, 0.4) is 0 Å². The van der Waals surface area contributed by atoms with Crippen LogP contribution in [0.1, 0.15) is 12.8 Å². The fraction of sp³-hybridized carbons (Fsp3) is 0.800. The van der Waals surface area contributed by atoms with Gasteiger partial charge in [0.25, 0.3) is 0 Å². The second-order valence-corrected chi connectivity index (χ2v) is 4.03. The monoisotopic (exact) mass is 198 g/mol. The van der Waals surface area contributed by atoms with Gasteiger partial charge in [-0.15, -0.1) is 0 Å². The van der Waals surface area contributed by atoms with E-state index in [0.29, 0.717) is 26.1 Å². The molecule has 0 aromatic carbocycles. The molecule has 2 rings (SSSR count). The highest BCUT2D eigenvalue weighted by molar-refractivity contribution is 5.87. The lowest BCUT2D eigenvalue weighted by Gasteiger charge is -2.36. The van der Waals surface area contributed by atoms with Gasteiger partial charge in [-0.1, -0.05) is 0 Å². The Morgan fingerprint density at radius 3 is 2.43 bits per heavy atom. The van der Waals surface area contributed by atoms with Crippen molar-refractivity contribution >= 4 is 11.8 Å². The van der Waals surface area contributed by atoms with Crippen LogP contribution in [0.5, 0.6) is 0 Å². The van der Waals surface area contributed by atoms with Crippen LogP contribution in [-0.4, -0.2) is 32.1 Å². The first-order valence-electron chi connectivity index (χ1n) is 4.91. The van der Waals surface area contributed by atoms with Crippen molar-refractivity contribution in [2.45, 2.75) is 12.8 Å². The first-order chi connectivity index (χ1) is 6.72. The number of esters is 1. The van der Waals surface area contributed by atoms with Crippen molar-refractivity contribution in [1.82, 2.24) is 0 Å². The Kier molecular flexibility index (Phi) is 2.54. The van der Waals surface area contributed by atoms with Crippen molar-refractivity contribution in [2.75, 3.05) is 20.3 Å². The summed E-state index contributed by atoms with van der Waals surface area (Å²) >= 11 is 0. The van der Waals surface area contributed by atoms with Crippen LogP contribution < -0.4 is 0 Å². The summed E-state index contributed by atoms with van der Waals surface area (Å²) in [4.78, 5) is 23.0. The van der Waals surface area contributed by atoms with Crippen LogP contribution in [0.25, 0.3) is 0 Å². The fourth-order valence-corrected chi connectivity index (χ4v) is 2.36. The Labute approximate surface area is 82.6 Å². The number of fused-ring (bicyclic) bond motifs is 2. The molecule has 0 spiro atoms. The topological polar surface area (TPSA) is 52.6 Å². The molecule has 0 aromatic rings. The summed E-state index contributed by atoms with van der Waals surface area (Å²) in [5.74, 6) is -0.166. The standard InChI is InChI=1S/C10H14O4/c1-13-10(12)6-2-7-4-14-5-8(3-6)9(7)11/h6-8H,2-5H2,1H3/t7-,8-/m1/s1. The summed E-state index contributed by atoms with van der Waals surface area (Å²) in [7, 11) is 1.39. The molecule has 0 unspecified atom stereocenters. The molecule has 2 bridgehead atoms. The normalized spacial score (nSPS) is 36.6. The van der Waals surface area contributed by atoms with Gasteiger partial charge in [0.05, 0.1) is 26.2 Å². The van der Waals surface area contributed by atoms with Gasteiger partial charge in [0.1, 0.15) is 5.78 Å². The molecule has 4 nitrogen and oxygen atoms in total. The third-order valence-corrected chi connectivity index (χ3v) is 3.12. The highest BCUT2D eigenvalue weighted by Gasteiger charge is 2.42. The van der Waals surface area contributed by atoms with E-state index in [2.05, 4.69) is 0 Å². The molecular weight excluding hydrogens is 184 g/mol. The molecule has 0 N–H and O–H groups in total. The number of hydrogen-bond acceptors (Lipinski definition) is 4. The smallest absolute Gasteiger partial charge is 0.308 e. The van der Waals surface area contributed by atoms with Crippen molar-refractivity contribution in [3.8, 4) is 0 Å². The zero-order chi connectivity index (χ0) is 10.1. The molecule has 1 saturated heterocycles. The van der Waals surface area contributed by atoms with Crippen molar-refractivity contribution in [3.05, 3.63) is 0 Å². The molecule has 0 amide bonds. The zero-order valence-corrected chi connectivity index (χ0v) is 8.19. The van der Waals surface area contributed by atoms with E-state index in [9.17, 15) is 9.59 Å². The summed E-state index contributed by atoms with van der Waals surface area (Å²) in [6, 6.07) is 0. The molecule has 2 fully saturated rings. The lowest BCUT2D eigenvalue weighted by molar-refractivity contribution is -0.155. The molecule has 0 aromatic heterocycles. The van der Waals surface area contributed by atoms with Crippen LogP contribution in [0, 0.1) is 17.8 Å². The average molecular weight is 198 g/mol. The molecule has 78 valence electrons. The molecule has 2 aliphatic rings. The fourth-order valence-electron chi connectivity index (χ4n) is 2.36. The van der Waals surface area contributed by atoms with E-state index in [4.69, 9.17) is 9.47 Å². The van der Waals surface area contributed by atoms with E-state index in [1.165, 1.54) is 7.11 Å². The number of hydrogen-bond donors (Lipinski definition) is 0. The van der Waals surface area contributed by atoms with Gasteiger partial charge in [0.15, 0.2) is 0 Å². The predicted octanol–water partition coefficient (Wildman–Crippen LogP) is 0.401. The van der Waals surface area contributed by atoms with E-state index in [-0.39, 0.29) is 29.5 Å². The van der Waals surface area contributed by atoms with E-state index in [0.717, 1.165) is 0 Å². The molecule has 14 heavy (non-hydrogen) atoms. The summed E-state index contributed by atoms with van der Waals surface area (Å²) in [6.45, 7) is 0.950. The Morgan fingerprint density at radius 2 is 1.93 bits per heavy atom. The number of rotatable bonds is 1. The summed E-state index contributed by atoms with van der Waals surface area (Å²) in [5, 5.41) is 0. The average Bonchev–Trinajstić information content (AvgIpc) is 2.16. The van der Waals surface area contributed by atoms with Crippen LogP contribution in [0.15, 0.2) is 0 Å². The van der Waals surface area contributed by atoms with Gasteiger partial charge >= 0.3 is 5.97 Å².